The maximum atomic E-state index is 5.87. The molecule has 118 valence electrons. The van der Waals surface area contributed by atoms with Gasteiger partial charge in [0.25, 0.3) is 0 Å². The van der Waals surface area contributed by atoms with Gasteiger partial charge in [0, 0.05) is 0 Å². The maximum Gasteiger partial charge on any atom is 0.0621 e. The molecule has 0 radical (unpaired) electrons. The Morgan fingerprint density at radius 1 is 0.773 bits per heavy atom. The second-order valence-electron chi connectivity index (χ2n) is 5.30. The summed E-state index contributed by atoms with van der Waals surface area (Å²) >= 11 is 0. The van der Waals surface area contributed by atoms with Crippen LogP contribution in [0.15, 0.2) is 48.5 Å². The van der Waals surface area contributed by atoms with Crippen LogP contribution in [0.4, 0.5) is 11.4 Å². The van der Waals surface area contributed by atoms with Crippen LogP contribution in [0.2, 0.25) is 0 Å². The van der Waals surface area contributed by atoms with Gasteiger partial charge in [-0.15, -0.1) is 0 Å². The van der Waals surface area contributed by atoms with Gasteiger partial charge in [-0.2, -0.15) is 0 Å². The van der Waals surface area contributed by atoms with Gasteiger partial charge in [-0.25, -0.2) is 0 Å². The second-order valence-corrected chi connectivity index (χ2v) is 5.30. The van der Waals surface area contributed by atoms with Crippen molar-refractivity contribution >= 4 is 23.5 Å². The first-order valence-corrected chi connectivity index (χ1v) is 8.06. The van der Waals surface area contributed by atoms with Crippen molar-refractivity contribution in [3.63, 3.8) is 0 Å². The number of anilines is 2. The smallest absolute Gasteiger partial charge is 0.0621 e. The number of hydrogen-bond donors (Lipinski definition) is 2. The molecule has 0 fully saturated rings. The van der Waals surface area contributed by atoms with Crippen molar-refractivity contribution in [3.05, 3.63) is 59.7 Å². The molecule has 0 bridgehead atoms. The summed E-state index contributed by atoms with van der Waals surface area (Å²) in [4.78, 5) is 0. The Labute approximate surface area is 134 Å². The zero-order valence-electron chi connectivity index (χ0n) is 13.8. The van der Waals surface area contributed by atoms with Gasteiger partial charge in [0.15, 0.2) is 0 Å². The van der Waals surface area contributed by atoms with Crippen LogP contribution in [0.3, 0.4) is 0 Å². The molecule has 0 atom stereocenters. The number of para-hydroxylation sites is 1. The van der Waals surface area contributed by atoms with Gasteiger partial charge in [-0.05, 0) is 17.2 Å². The SMILES string of the molecule is CCCCCC.Nc1cccc(C=Cc2ccccc2)c1N. The Kier molecular flexibility index (Phi) is 8.51. The fraction of sp³-hybridized carbons (Fsp3) is 0.300. The average Bonchev–Trinajstić information content (AvgIpc) is 2.56. The third kappa shape index (κ3) is 6.49. The van der Waals surface area contributed by atoms with E-state index >= 15 is 0 Å². The molecular formula is C20H28N2. The molecule has 0 aliphatic heterocycles. The highest BCUT2D eigenvalue weighted by Crippen LogP contribution is 2.21. The van der Waals surface area contributed by atoms with Gasteiger partial charge in [0.05, 0.1) is 11.4 Å². The lowest BCUT2D eigenvalue weighted by Crippen LogP contribution is -1.96. The van der Waals surface area contributed by atoms with Gasteiger partial charge < -0.3 is 11.5 Å². The van der Waals surface area contributed by atoms with Crippen molar-refractivity contribution in [2.45, 2.75) is 39.5 Å². The normalized spacial score (nSPS) is 10.3. The molecule has 0 saturated heterocycles. The van der Waals surface area contributed by atoms with Gasteiger partial charge in [0.2, 0.25) is 0 Å². The Hall–Kier alpha value is -2.22. The van der Waals surface area contributed by atoms with Crippen LogP contribution >= 0.6 is 0 Å². The summed E-state index contributed by atoms with van der Waals surface area (Å²) in [5.41, 5.74) is 14.9. The number of hydrogen-bond acceptors (Lipinski definition) is 2. The van der Waals surface area contributed by atoms with E-state index in [1.807, 2.05) is 54.6 Å². The summed E-state index contributed by atoms with van der Waals surface area (Å²) < 4.78 is 0. The van der Waals surface area contributed by atoms with E-state index < -0.39 is 0 Å². The van der Waals surface area contributed by atoms with Gasteiger partial charge in [-0.3, -0.25) is 0 Å². The van der Waals surface area contributed by atoms with Crippen LogP contribution in [0, 0.1) is 0 Å². The molecule has 2 aromatic rings. The zero-order chi connectivity index (χ0) is 16.2. The summed E-state index contributed by atoms with van der Waals surface area (Å²) in [5, 5.41) is 0. The standard InChI is InChI=1S/C14H14N2.C6H14/c15-13-8-4-7-12(14(13)16)10-9-11-5-2-1-3-6-11;1-3-5-6-4-2/h1-10H,15-16H2;3-6H2,1-2H3. The second kappa shape index (κ2) is 10.5. The number of nitrogens with two attached hydrogens (primary N) is 2. The molecular weight excluding hydrogens is 268 g/mol. The third-order valence-electron chi connectivity index (χ3n) is 3.39. The molecule has 0 heterocycles. The van der Waals surface area contributed by atoms with E-state index in [9.17, 15) is 0 Å². The van der Waals surface area contributed by atoms with Crippen molar-refractivity contribution in [1.29, 1.82) is 0 Å². The number of benzene rings is 2. The molecule has 4 N–H and O–H groups in total. The first-order chi connectivity index (χ1) is 10.7. The summed E-state index contributed by atoms with van der Waals surface area (Å²) in [6.07, 6.45) is 9.53. The topological polar surface area (TPSA) is 52.0 Å². The highest BCUT2D eigenvalue weighted by Gasteiger charge is 1.97. The summed E-state index contributed by atoms with van der Waals surface area (Å²) in [6, 6.07) is 15.7. The van der Waals surface area contributed by atoms with Gasteiger partial charge in [0.1, 0.15) is 0 Å². The van der Waals surface area contributed by atoms with E-state index in [4.69, 9.17) is 11.5 Å². The van der Waals surface area contributed by atoms with E-state index in [0.717, 1.165) is 11.1 Å². The van der Waals surface area contributed by atoms with Crippen LogP contribution in [-0.2, 0) is 0 Å². The average molecular weight is 296 g/mol. The largest absolute Gasteiger partial charge is 0.397 e. The molecule has 2 rings (SSSR count). The first-order valence-electron chi connectivity index (χ1n) is 8.06. The molecule has 0 amide bonds. The fourth-order valence-corrected chi connectivity index (χ4v) is 2.00. The van der Waals surface area contributed by atoms with Crippen LogP contribution in [0.1, 0.15) is 50.7 Å². The minimum Gasteiger partial charge on any atom is -0.397 e. The molecule has 0 aliphatic rings. The Balaban J connectivity index is 0.000000346. The van der Waals surface area contributed by atoms with Crippen LogP contribution in [0.5, 0.6) is 0 Å². The predicted molar refractivity (Wildman–Crippen MR) is 100 cm³/mol. The number of unbranched alkanes of at least 4 members (excludes halogenated alkanes) is 3. The Morgan fingerprint density at radius 3 is 2.00 bits per heavy atom. The summed E-state index contributed by atoms with van der Waals surface area (Å²) in [6.45, 7) is 4.46. The van der Waals surface area contributed by atoms with E-state index in [2.05, 4.69) is 13.8 Å². The van der Waals surface area contributed by atoms with Crippen molar-refractivity contribution in [2.75, 3.05) is 11.5 Å². The van der Waals surface area contributed by atoms with Gasteiger partial charge in [-0.1, -0.05) is 94.1 Å². The van der Waals surface area contributed by atoms with Crippen LogP contribution in [-0.4, -0.2) is 0 Å². The zero-order valence-corrected chi connectivity index (χ0v) is 13.8. The van der Waals surface area contributed by atoms with E-state index in [0.29, 0.717) is 11.4 Å². The maximum absolute atomic E-state index is 5.87. The Morgan fingerprint density at radius 2 is 1.41 bits per heavy atom. The molecule has 2 aromatic carbocycles. The third-order valence-corrected chi connectivity index (χ3v) is 3.39. The summed E-state index contributed by atoms with van der Waals surface area (Å²) in [5.74, 6) is 0. The lowest BCUT2D eigenvalue weighted by molar-refractivity contribution is 0.702. The first kappa shape index (κ1) is 17.8. The van der Waals surface area contributed by atoms with Crippen LogP contribution in [0.25, 0.3) is 12.2 Å². The quantitative estimate of drug-likeness (QED) is 0.428. The van der Waals surface area contributed by atoms with E-state index in [1.54, 1.807) is 6.07 Å². The van der Waals surface area contributed by atoms with Gasteiger partial charge >= 0.3 is 0 Å². The predicted octanol–water partition coefficient (Wildman–Crippen LogP) is 5.61. The minimum absolute atomic E-state index is 0.621. The lowest BCUT2D eigenvalue weighted by Gasteiger charge is -2.03. The fourth-order valence-electron chi connectivity index (χ4n) is 2.00. The highest BCUT2D eigenvalue weighted by molar-refractivity contribution is 5.81. The summed E-state index contributed by atoms with van der Waals surface area (Å²) in [7, 11) is 0. The monoisotopic (exact) mass is 296 g/mol. The van der Waals surface area contributed by atoms with Crippen molar-refractivity contribution in [3.8, 4) is 0 Å². The lowest BCUT2D eigenvalue weighted by atomic mass is 10.1. The van der Waals surface area contributed by atoms with E-state index in [-0.39, 0.29) is 0 Å². The van der Waals surface area contributed by atoms with E-state index in [1.165, 1.54) is 25.7 Å². The van der Waals surface area contributed by atoms with Crippen molar-refractivity contribution in [1.82, 2.24) is 0 Å². The molecule has 2 nitrogen and oxygen atoms in total. The molecule has 0 aliphatic carbocycles. The minimum atomic E-state index is 0.621. The molecule has 0 saturated carbocycles. The van der Waals surface area contributed by atoms with Crippen LogP contribution < -0.4 is 11.5 Å². The van der Waals surface area contributed by atoms with Crippen molar-refractivity contribution < 1.29 is 0 Å². The molecule has 0 spiro atoms. The molecule has 0 unspecified atom stereocenters. The van der Waals surface area contributed by atoms with Crippen molar-refractivity contribution in [2.24, 2.45) is 0 Å². The Bertz CT molecular complexity index is 555. The molecule has 0 aromatic heterocycles. The number of nitrogen functional groups attached to an aromatic ring is 2. The molecule has 22 heavy (non-hydrogen) atoms. The molecule has 2 heteroatoms. The number of rotatable bonds is 5. The highest BCUT2D eigenvalue weighted by atomic mass is 14.7.